The van der Waals surface area contributed by atoms with Crippen LogP contribution in [0, 0.1) is 0 Å². The minimum absolute atomic E-state index is 0.212. The Morgan fingerprint density at radius 2 is 2.40 bits per heavy atom. The Balaban J connectivity index is 2.47. The molecule has 1 amide bonds. The zero-order valence-electron chi connectivity index (χ0n) is 5.26. The third-order valence-corrected chi connectivity index (χ3v) is 1.27. The van der Waals surface area contributed by atoms with E-state index in [0.29, 0.717) is 6.54 Å². The predicted octanol–water partition coefficient (Wildman–Crippen LogP) is -1.84. The summed E-state index contributed by atoms with van der Waals surface area (Å²) in [5.74, 6) is -1.26. The Kier molecular flexibility index (Phi) is 1.86. The van der Waals surface area contributed by atoms with Gasteiger partial charge < -0.3 is 15.7 Å². The van der Waals surface area contributed by atoms with Gasteiger partial charge in [0, 0.05) is 6.54 Å². The van der Waals surface area contributed by atoms with E-state index in [1.807, 2.05) is 0 Å². The average Bonchev–Trinajstić information content (AvgIpc) is 1.88. The molecule has 0 saturated carbocycles. The van der Waals surface area contributed by atoms with Crippen LogP contribution in [0.15, 0.2) is 0 Å². The SMILES string of the molecule is O=C1CNC[C@@H](C(=O)O)N1. The fourth-order valence-electron chi connectivity index (χ4n) is 0.775. The number of piperazine rings is 1. The Labute approximate surface area is 57.4 Å². The van der Waals surface area contributed by atoms with Crippen LogP contribution < -0.4 is 10.6 Å². The molecule has 0 aliphatic carbocycles. The number of amides is 1. The summed E-state index contributed by atoms with van der Waals surface area (Å²) < 4.78 is 0. The molecule has 0 unspecified atom stereocenters. The lowest BCUT2D eigenvalue weighted by Gasteiger charge is -2.19. The van der Waals surface area contributed by atoms with Crippen LogP contribution in [0.25, 0.3) is 0 Å². The number of carboxylic acids is 1. The first-order chi connectivity index (χ1) is 4.70. The first-order valence-corrected chi connectivity index (χ1v) is 2.93. The third kappa shape index (κ3) is 1.44. The zero-order chi connectivity index (χ0) is 7.56. The van der Waals surface area contributed by atoms with Crippen molar-refractivity contribution in [3.05, 3.63) is 0 Å². The molecule has 5 heteroatoms. The summed E-state index contributed by atoms with van der Waals surface area (Å²) in [6, 6.07) is -0.763. The van der Waals surface area contributed by atoms with Crippen molar-refractivity contribution < 1.29 is 14.7 Å². The number of carbonyl (C=O) groups excluding carboxylic acids is 1. The van der Waals surface area contributed by atoms with Crippen LogP contribution in [0.4, 0.5) is 0 Å². The van der Waals surface area contributed by atoms with Gasteiger partial charge in [0.1, 0.15) is 6.04 Å². The summed E-state index contributed by atoms with van der Waals surface area (Å²) in [5, 5.41) is 13.4. The Hall–Kier alpha value is -1.10. The van der Waals surface area contributed by atoms with Gasteiger partial charge in [-0.1, -0.05) is 0 Å². The normalized spacial score (nSPS) is 25.6. The Bertz CT molecular complexity index is 166. The maximum atomic E-state index is 10.5. The van der Waals surface area contributed by atoms with E-state index in [1.165, 1.54) is 0 Å². The molecule has 1 aliphatic heterocycles. The van der Waals surface area contributed by atoms with Crippen molar-refractivity contribution >= 4 is 11.9 Å². The molecule has 1 atom stereocenters. The molecule has 5 nitrogen and oxygen atoms in total. The van der Waals surface area contributed by atoms with Crippen molar-refractivity contribution in [3.8, 4) is 0 Å². The van der Waals surface area contributed by atoms with Gasteiger partial charge in [0.15, 0.2) is 0 Å². The quantitative estimate of drug-likeness (QED) is 0.404. The van der Waals surface area contributed by atoms with Crippen molar-refractivity contribution in [2.75, 3.05) is 13.1 Å². The molecule has 1 rings (SSSR count). The van der Waals surface area contributed by atoms with Gasteiger partial charge in [0.25, 0.3) is 0 Å². The Morgan fingerprint density at radius 3 is 2.80 bits per heavy atom. The standard InChI is InChI=1S/C5H8N2O3/c8-4-2-6-1-3(7-4)5(9)10/h3,6H,1-2H2,(H,7,8)(H,9,10)/t3-/m0/s1. The number of hydrogen-bond donors (Lipinski definition) is 3. The van der Waals surface area contributed by atoms with Gasteiger partial charge in [-0.25, -0.2) is 4.79 Å². The molecule has 0 aromatic rings. The largest absolute Gasteiger partial charge is 0.480 e. The van der Waals surface area contributed by atoms with Crippen LogP contribution in [0.5, 0.6) is 0 Å². The summed E-state index contributed by atoms with van der Waals surface area (Å²) in [6.07, 6.45) is 0. The van der Waals surface area contributed by atoms with Gasteiger partial charge in [-0.3, -0.25) is 4.79 Å². The number of aliphatic carboxylic acids is 1. The summed E-state index contributed by atoms with van der Waals surface area (Å²) in [5.41, 5.74) is 0. The second-order valence-corrected chi connectivity index (χ2v) is 2.09. The van der Waals surface area contributed by atoms with E-state index < -0.39 is 12.0 Å². The van der Waals surface area contributed by atoms with E-state index in [9.17, 15) is 9.59 Å². The fourth-order valence-corrected chi connectivity index (χ4v) is 0.775. The highest BCUT2D eigenvalue weighted by Gasteiger charge is 2.22. The molecule has 0 radical (unpaired) electrons. The minimum Gasteiger partial charge on any atom is -0.480 e. The number of rotatable bonds is 1. The van der Waals surface area contributed by atoms with Crippen LogP contribution in [-0.4, -0.2) is 36.1 Å². The molecule has 0 bridgehead atoms. The fraction of sp³-hybridized carbons (Fsp3) is 0.600. The topological polar surface area (TPSA) is 78.4 Å². The van der Waals surface area contributed by atoms with Crippen LogP contribution >= 0.6 is 0 Å². The number of hydrogen-bond acceptors (Lipinski definition) is 3. The van der Waals surface area contributed by atoms with Gasteiger partial charge >= 0.3 is 5.97 Å². The highest BCUT2D eigenvalue weighted by Crippen LogP contribution is 1.86. The molecule has 0 spiro atoms. The van der Waals surface area contributed by atoms with Crippen molar-refractivity contribution in [1.82, 2.24) is 10.6 Å². The van der Waals surface area contributed by atoms with E-state index in [2.05, 4.69) is 10.6 Å². The number of carboxylic acid groups (broad SMARTS) is 1. The summed E-state index contributed by atoms with van der Waals surface area (Å²) in [7, 11) is 0. The maximum Gasteiger partial charge on any atom is 0.327 e. The van der Waals surface area contributed by atoms with Gasteiger partial charge in [0.05, 0.1) is 6.54 Å². The van der Waals surface area contributed by atoms with E-state index in [0.717, 1.165) is 0 Å². The smallest absolute Gasteiger partial charge is 0.327 e. The second-order valence-electron chi connectivity index (χ2n) is 2.09. The molecule has 10 heavy (non-hydrogen) atoms. The molecule has 0 aromatic carbocycles. The monoisotopic (exact) mass is 144 g/mol. The van der Waals surface area contributed by atoms with Crippen molar-refractivity contribution in [2.45, 2.75) is 6.04 Å². The lowest BCUT2D eigenvalue weighted by molar-refractivity contribution is -0.142. The molecular formula is C5H8N2O3. The average molecular weight is 144 g/mol. The highest BCUT2D eigenvalue weighted by molar-refractivity contribution is 5.86. The van der Waals surface area contributed by atoms with E-state index in [4.69, 9.17) is 5.11 Å². The van der Waals surface area contributed by atoms with Crippen LogP contribution in [-0.2, 0) is 9.59 Å². The minimum atomic E-state index is -0.999. The van der Waals surface area contributed by atoms with E-state index in [1.54, 1.807) is 0 Å². The van der Waals surface area contributed by atoms with Crippen molar-refractivity contribution in [1.29, 1.82) is 0 Å². The van der Waals surface area contributed by atoms with Crippen molar-refractivity contribution in [3.63, 3.8) is 0 Å². The summed E-state index contributed by atoms with van der Waals surface area (Å²) >= 11 is 0. The predicted molar refractivity (Wildman–Crippen MR) is 32.4 cm³/mol. The van der Waals surface area contributed by atoms with Gasteiger partial charge in [-0.15, -0.1) is 0 Å². The van der Waals surface area contributed by atoms with E-state index >= 15 is 0 Å². The molecule has 1 heterocycles. The molecule has 56 valence electrons. The van der Waals surface area contributed by atoms with Crippen LogP contribution in [0.2, 0.25) is 0 Å². The highest BCUT2D eigenvalue weighted by atomic mass is 16.4. The lowest BCUT2D eigenvalue weighted by atomic mass is 10.2. The number of nitrogens with one attached hydrogen (secondary N) is 2. The van der Waals surface area contributed by atoms with E-state index in [-0.39, 0.29) is 12.5 Å². The zero-order valence-corrected chi connectivity index (χ0v) is 5.26. The van der Waals surface area contributed by atoms with Crippen molar-refractivity contribution in [2.24, 2.45) is 0 Å². The third-order valence-electron chi connectivity index (χ3n) is 1.27. The molecule has 1 fully saturated rings. The Morgan fingerprint density at radius 1 is 1.70 bits per heavy atom. The first-order valence-electron chi connectivity index (χ1n) is 2.93. The lowest BCUT2D eigenvalue weighted by Crippen LogP contribution is -2.55. The molecule has 1 saturated heterocycles. The first kappa shape index (κ1) is 7.01. The van der Waals surface area contributed by atoms with Gasteiger partial charge in [-0.2, -0.15) is 0 Å². The molecule has 3 N–H and O–H groups in total. The second kappa shape index (κ2) is 2.66. The van der Waals surface area contributed by atoms with Crippen LogP contribution in [0.1, 0.15) is 0 Å². The number of carbonyl (C=O) groups is 2. The maximum absolute atomic E-state index is 10.5. The molecule has 0 aromatic heterocycles. The van der Waals surface area contributed by atoms with Gasteiger partial charge in [0.2, 0.25) is 5.91 Å². The summed E-state index contributed by atoms with van der Waals surface area (Å²) in [4.78, 5) is 20.8. The van der Waals surface area contributed by atoms with Crippen LogP contribution in [0.3, 0.4) is 0 Å². The molecular weight excluding hydrogens is 136 g/mol. The van der Waals surface area contributed by atoms with Gasteiger partial charge in [-0.05, 0) is 0 Å². The molecule has 1 aliphatic rings. The summed E-state index contributed by atoms with van der Waals surface area (Å²) in [6.45, 7) is 0.519.